The number of allylic oxidation sites excluding steroid dienone is 2. The highest BCUT2D eigenvalue weighted by Gasteiger charge is 2.18. The number of carbonyl (C=O) groups is 1. The van der Waals surface area contributed by atoms with Crippen LogP contribution in [-0.4, -0.2) is 12.4 Å². The minimum Gasteiger partial charge on any atom is -0.493 e. The van der Waals surface area contributed by atoms with E-state index in [4.69, 9.17) is 4.74 Å². The summed E-state index contributed by atoms with van der Waals surface area (Å²) in [7, 11) is 0. The summed E-state index contributed by atoms with van der Waals surface area (Å²) in [4.78, 5) is 12.2. The number of ketones is 1. The monoisotopic (exact) mass is 216 g/mol. The van der Waals surface area contributed by atoms with Crippen molar-refractivity contribution in [1.82, 2.24) is 0 Å². The SMILES string of the molecule is CCOc1ccccc1C(=O)C1=CCCC1. The third-order valence-corrected chi connectivity index (χ3v) is 2.76. The van der Waals surface area contributed by atoms with E-state index in [1.165, 1.54) is 0 Å². The number of rotatable bonds is 4. The number of hydrogen-bond donors (Lipinski definition) is 0. The maximum atomic E-state index is 12.2. The molecule has 16 heavy (non-hydrogen) atoms. The van der Waals surface area contributed by atoms with Gasteiger partial charge in [-0.15, -0.1) is 0 Å². The van der Waals surface area contributed by atoms with Crippen LogP contribution in [0.15, 0.2) is 35.9 Å². The van der Waals surface area contributed by atoms with Gasteiger partial charge in [0, 0.05) is 0 Å². The first-order valence-electron chi connectivity index (χ1n) is 5.78. The molecule has 0 saturated heterocycles. The van der Waals surface area contributed by atoms with Gasteiger partial charge in [-0.1, -0.05) is 18.2 Å². The van der Waals surface area contributed by atoms with E-state index in [0.29, 0.717) is 17.9 Å². The van der Waals surface area contributed by atoms with Crippen molar-refractivity contribution in [3.8, 4) is 5.75 Å². The Kier molecular flexibility index (Phi) is 3.40. The number of Topliss-reactive ketones (excluding diaryl/α,β-unsaturated/α-hetero) is 1. The predicted octanol–water partition coefficient (Wildman–Crippen LogP) is 3.38. The molecule has 0 N–H and O–H groups in total. The molecule has 2 rings (SSSR count). The molecule has 0 bridgehead atoms. The second kappa shape index (κ2) is 4.97. The number of hydrogen-bond acceptors (Lipinski definition) is 2. The Labute approximate surface area is 95.9 Å². The van der Waals surface area contributed by atoms with Crippen LogP contribution in [0, 0.1) is 0 Å². The minimum atomic E-state index is 0.126. The maximum absolute atomic E-state index is 12.2. The van der Waals surface area contributed by atoms with Crippen molar-refractivity contribution >= 4 is 5.78 Å². The lowest BCUT2D eigenvalue weighted by Crippen LogP contribution is -2.05. The third kappa shape index (κ3) is 2.16. The molecule has 0 spiro atoms. The number of benzene rings is 1. The van der Waals surface area contributed by atoms with Crippen molar-refractivity contribution in [2.24, 2.45) is 0 Å². The van der Waals surface area contributed by atoms with Gasteiger partial charge in [-0.2, -0.15) is 0 Å². The molecule has 1 aliphatic carbocycles. The van der Waals surface area contributed by atoms with Crippen molar-refractivity contribution in [2.45, 2.75) is 26.2 Å². The normalized spacial score (nSPS) is 14.7. The molecule has 2 heteroatoms. The lowest BCUT2D eigenvalue weighted by atomic mass is 10.0. The predicted molar refractivity (Wildman–Crippen MR) is 63.9 cm³/mol. The van der Waals surface area contributed by atoms with Crippen LogP contribution in [0.5, 0.6) is 5.75 Å². The zero-order valence-corrected chi connectivity index (χ0v) is 9.53. The summed E-state index contributed by atoms with van der Waals surface area (Å²) < 4.78 is 5.47. The van der Waals surface area contributed by atoms with E-state index >= 15 is 0 Å². The third-order valence-electron chi connectivity index (χ3n) is 2.76. The van der Waals surface area contributed by atoms with Gasteiger partial charge >= 0.3 is 0 Å². The molecule has 0 atom stereocenters. The summed E-state index contributed by atoms with van der Waals surface area (Å²) in [5.41, 5.74) is 1.63. The van der Waals surface area contributed by atoms with Crippen LogP contribution < -0.4 is 4.74 Å². The molecule has 2 nitrogen and oxygen atoms in total. The van der Waals surface area contributed by atoms with Gasteiger partial charge in [0.25, 0.3) is 0 Å². The van der Waals surface area contributed by atoms with Crippen molar-refractivity contribution in [2.75, 3.05) is 6.61 Å². The smallest absolute Gasteiger partial charge is 0.192 e. The van der Waals surface area contributed by atoms with Crippen molar-refractivity contribution in [3.63, 3.8) is 0 Å². The summed E-state index contributed by atoms with van der Waals surface area (Å²) in [6.07, 6.45) is 5.07. The quantitative estimate of drug-likeness (QED) is 0.721. The van der Waals surface area contributed by atoms with Crippen molar-refractivity contribution in [3.05, 3.63) is 41.5 Å². The summed E-state index contributed by atoms with van der Waals surface area (Å²) in [6.45, 7) is 2.51. The lowest BCUT2D eigenvalue weighted by molar-refractivity contribution is 0.102. The van der Waals surface area contributed by atoms with Gasteiger partial charge in [-0.25, -0.2) is 0 Å². The first-order valence-corrected chi connectivity index (χ1v) is 5.78. The zero-order valence-electron chi connectivity index (χ0n) is 9.53. The summed E-state index contributed by atoms with van der Waals surface area (Å²) >= 11 is 0. The van der Waals surface area contributed by atoms with Crippen LogP contribution >= 0.6 is 0 Å². The molecule has 0 heterocycles. The maximum Gasteiger partial charge on any atom is 0.192 e. The first kappa shape index (κ1) is 10.9. The van der Waals surface area contributed by atoms with Crippen LogP contribution in [0.2, 0.25) is 0 Å². The second-order valence-electron chi connectivity index (χ2n) is 3.88. The lowest BCUT2D eigenvalue weighted by Gasteiger charge is -2.09. The molecule has 0 saturated carbocycles. The Morgan fingerprint density at radius 3 is 2.88 bits per heavy atom. The van der Waals surface area contributed by atoms with Crippen LogP contribution in [0.4, 0.5) is 0 Å². The van der Waals surface area contributed by atoms with E-state index in [2.05, 4.69) is 0 Å². The van der Waals surface area contributed by atoms with Crippen LogP contribution in [0.25, 0.3) is 0 Å². The molecule has 0 unspecified atom stereocenters. The molecule has 1 aromatic rings. The fourth-order valence-corrected chi connectivity index (χ4v) is 1.99. The summed E-state index contributed by atoms with van der Waals surface area (Å²) in [5, 5.41) is 0. The van der Waals surface area contributed by atoms with E-state index in [1.54, 1.807) is 0 Å². The van der Waals surface area contributed by atoms with E-state index < -0.39 is 0 Å². The van der Waals surface area contributed by atoms with Crippen LogP contribution in [0.3, 0.4) is 0 Å². The average Bonchev–Trinajstić information content (AvgIpc) is 2.83. The molecule has 0 radical (unpaired) electrons. The van der Waals surface area contributed by atoms with Gasteiger partial charge in [0.15, 0.2) is 5.78 Å². The standard InChI is InChI=1S/C14H16O2/c1-2-16-13-10-6-5-9-12(13)14(15)11-7-3-4-8-11/h5-7,9-10H,2-4,8H2,1H3. The van der Waals surface area contributed by atoms with Crippen molar-refractivity contribution in [1.29, 1.82) is 0 Å². The van der Waals surface area contributed by atoms with Gasteiger partial charge < -0.3 is 4.74 Å². The highest BCUT2D eigenvalue weighted by molar-refractivity contribution is 6.10. The Morgan fingerprint density at radius 1 is 1.38 bits per heavy atom. The molecule has 84 valence electrons. The molecule has 1 aromatic carbocycles. The molecular weight excluding hydrogens is 200 g/mol. The fraction of sp³-hybridized carbons (Fsp3) is 0.357. The van der Waals surface area contributed by atoms with Crippen LogP contribution in [-0.2, 0) is 0 Å². The molecule has 1 aliphatic rings. The van der Waals surface area contributed by atoms with Gasteiger partial charge in [0.05, 0.1) is 12.2 Å². The Hall–Kier alpha value is -1.57. The van der Waals surface area contributed by atoms with Crippen molar-refractivity contribution < 1.29 is 9.53 Å². The second-order valence-corrected chi connectivity index (χ2v) is 3.88. The zero-order chi connectivity index (χ0) is 11.4. The van der Waals surface area contributed by atoms with E-state index in [-0.39, 0.29) is 5.78 Å². The molecule has 0 aromatic heterocycles. The fourth-order valence-electron chi connectivity index (χ4n) is 1.99. The van der Waals surface area contributed by atoms with Gasteiger partial charge in [-0.3, -0.25) is 4.79 Å². The topological polar surface area (TPSA) is 26.3 Å². The van der Waals surface area contributed by atoms with E-state index in [0.717, 1.165) is 24.8 Å². The van der Waals surface area contributed by atoms with Gasteiger partial charge in [-0.05, 0) is 43.9 Å². The average molecular weight is 216 g/mol. The van der Waals surface area contributed by atoms with E-state index in [9.17, 15) is 4.79 Å². The Morgan fingerprint density at radius 2 is 2.19 bits per heavy atom. The van der Waals surface area contributed by atoms with Gasteiger partial charge in [0.1, 0.15) is 5.75 Å². The Bertz CT molecular complexity index is 418. The van der Waals surface area contributed by atoms with Crippen LogP contribution in [0.1, 0.15) is 36.5 Å². The molecule has 0 fully saturated rings. The number of carbonyl (C=O) groups excluding carboxylic acids is 1. The highest BCUT2D eigenvalue weighted by atomic mass is 16.5. The molecule has 0 amide bonds. The van der Waals surface area contributed by atoms with Gasteiger partial charge in [0.2, 0.25) is 0 Å². The Balaban J connectivity index is 2.28. The summed E-state index contributed by atoms with van der Waals surface area (Å²) in [5.74, 6) is 0.823. The molecular formula is C14H16O2. The van der Waals surface area contributed by atoms with E-state index in [1.807, 2.05) is 37.3 Å². The largest absolute Gasteiger partial charge is 0.493 e. The highest BCUT2D eigenvalue weighted by Crippen LogP contribution is 2.26. The number of ether oxygens (including phenoxy) is 1. The minimum absolute atomic E-state index is 0.126. The first-order chi connectivity index (χ1) is 7.83. The molecule has 0 aliphatic heterocycles. The summed E-state index contributed by atoms with van der Waals surface area (Å²) in [6, 6.07) is 7.47. The number of para-hydroxylation sites is 1.